The Bertz CT molecular complexity index is 1080. The van der Waals surface area contributed by atoms with Crippen molar-refractivity contribution in [3.63, 3.8) is 0 Å². The van der Waals surface area contributed by atoms with Crippen molar-refractivity contribution >= 4 is 0 Å². The lowest BCUT2D eigenvalue weighted by molar-refractivity contribution is 0.261. The van der Waals surface area contributed by atoms with Crippen LogP contribution in [0.4, 0.5) is 0 Å². The van der Waals surface area contributed by atoms with E-state index in [2.05, 4.69) is 55.6 Å². The van der Waals surface area contributed by atoms with E-state index in [1.54, 1.807) is 0 Å². The van der Waals surface area contributed by atoms with E-state index in [0.29, 0.717) is 17.8 Å². The van der Waals surface area contributed by atoms with Crippen LogP contribution in [0.1, 0.15) is 136 Å². The fourth-order valence-electron chi connectivity index (χ4n) is 6.76. The van der Waals surface area contributed by atoms with Gasteiger partial charge in [-0.3, -0.25) is 0 Å². The summed E-state index contributed by atoms with van der Waals surface area (Å²) in [6.45, 7) is 13.7. The minimum absolute atomic E-state index is 0.141. The van der Waals surface area contributed by atoms with Gasteiger partial charge in [0.2, 0.25) is 6.29 Å². The number of hydrogen-bond acceptors (Lipinski definition) is 3. The van der Waals surface area contributed by atoms with Gasteiger partial charge in [-0.25, -0.2) is 14.0 Å². The van der Waals surface area contributed by atoms with Gasteiger partial charge in [0.15, 0.2) is 0 Å². The first-order chi connectivity index (χ1) is 16.4. The Balaban J connectivity index is 1.63. The second-order valence-electron chi connectivity index (χ2n) is 11.6. The van der Waals surface area contributed by atoms with E-state index >= 15 is 0 Å². The highest BCUT2D eigenvalue weighted by Crippen LogP contribution is 2.38. The molecule has 3 aromatic rings. The molecule has 0 saturated heterocycles. The molecule has 6 rings (SSSR count). The van der Waals surface area contributed by atoms with E-state index in [9.17, 15) is 0 Å². The van der Waals surface area contributed by atoms with E-state index in [0.717, 1.165) is 38.5 Å². The second kappa shape index (κ2) is 8.10. The molecular weight excluding hydrogens is 420 g/mol. The van der Waals surface area contributed by atoms with E-state index in [1.165, 1.54) is 70.1 Å². The molecule has 0 unspecified atom stereocenters. The molecule has 3 aromatic heterocycles. The van der Waals surface area contributed by atoms with Crippen molar-refractivity contribution in [1.29, 1.82) is 0 Å². The summed E-state index contributed by atoms with van der Waals surface area (Å²) in [6.07, 6.45) is 10.3. The highest BCUT2D eigenvalue weighted by atomic mass is 15.6. The molecule has 0 aromatic carbocycles. The van der Waals surface area contributed by atoms with Crippen molar-refractivity contribution in [3.05, 3.63) is 50.9 Å². The van der Waals surface area contributed by atoms with Gasteiger partial charge in [-0.2, -0.15) is 15.3 Å². The van der Waals surface area contributed by atoms with E-state index in [-0.39, 0.29) is 6.29 Å². The predicted octanol–water partition coefficient (Wildman–Crippen LogP) is 5.67. The van der Waals surface area contributed by atoms with Crippen LogP contribution >= 0.6 is 0 Å². The SMILES string of the molecule is CC(C)c1nn(C(n2nc(C(C)C)c3c2CCC3)n2nc(C(C)C)c3c2CCC3)c2c1CCC2. The van der Waals surface area contributed by atoms with Crippen molar-refractivity contribution < 1.29 is 0 Å². The van der Waals surface area contributed by atoms with Gasteiger partial charge in [0.05, 0.1) is 17.1 Å². The first kappa shape index (κ1) is 22.1. The Kier molecular flexibility index (Phi) is 5.27. The minimum atomic E-state index is -0.141. The summed E-state index contributed by atoms with van der Waals surface area (Å²) in [5.41, 5.74) is 12.5. The Morgan fingerprint density at radius 3 is 1.03 bits per heavy atom. The van der Waals surface area contributed by atoms with Crippen molar-refractivity contribution in [2.75, 3.05) is 0 Å². The highest BCUT2D eigenvalue weighted by molar-refractivity contribution is 5.37. The van der Waals surface area contributed by atoms with Crippen molar-refractivity contribution in [1.82, 2.24) is 29.3 Å². The van der Waals surface area contributed by atoms with Crippen LogP contribution in [0.25, 0.3) is 0 Å². The van der Waals surface area contributed by atoms with Crippen LogP contribution in [-0.4, -0.2) is 29.3 Å². The predicted molar refractivity (Wildman–Crippen MR) is 135 cm³/mol. The van der Waals surface area contributed by atoms with Crippen molar-refractivity contribution in [3.8, 4) is 0 Å². The molecule has 0 amide bonds. The summed E-state index contributed by atoms with van der Waals surface area (Å²) in [7, 11) is 0. The third-order valence-corrected chi connectivity index (χ3v) is 8.27. The van der Waals surface area contributed by atoms with Crippen molar-refractivity contribution in [2.24, 2.45) is 0 Å². The minimum Gasteiger partial charge on any atom is -0.224 e. The molecule has 0 saturated carbocycles. The molecule has 0 bridgehead atoms. The van der Waals surface area contributed by atoms with Crippen LogP contribution in [0, 0.1) is 0 Å². The van der Waals surface area contributed by atoms with Gasteiger partial charge >= 0.3 is 0 Å². The lowest BCUT2D eigenvalue weighted by Crippen LogP contribution is -2.32. The summed E-state index contributed by atoms with van der Waals surface area (Å²) in [4.78, 5) is 0. The molecule has 3 heterocycles. The summed E-state index contributed by atoms with van der Waals surface area (Å²) in [5.74, 6) is 1.29. The quantitative estimate of drug-likeness (QED) is 0.477. The van der Waals surface area contributed by atoms with Gasteiger partial charge in [0, 0.05) is 17.1 Å². The molecule has 0 N–H and O–H groups in total. The van der Waals surface area contributed by atoms with E-state index in [4.69, 9.17) is 15.3 Å². The standard InChI is InChI=1S/C28H40N6/c1-16(2)25-19-10-7-13-22(19)32(29-25)28(33-23-14-8-11-20(23)26(30-33)17(3)4)34-24-15-9-12-21(24)27(31-34)18(5)6/h16-18,28H,7-15H2,1-6H3. The second-order valence-corrected chi connectivity index (χ2v) is 11.6. The number of aromatic nitrogens is 6. The van der Waals surface area contributed by atoms with Gasteiger partial charge < -0.3 is 0 Å². The zero-order valence-electron chi connectivity index (χ0n) is 21.9. The maximum atomic E-state index is 5.34. The first-order valence-electron chi connectivity index (χ1n) is 13.7. The molecule has 3 aliphatic rings. The topological polar surface area (TPSA) is 53.5 Å². The van der Waals surface area contributed by atoms with Gasteiger partial charge in [-0.15, -0.1) is 0 Å². The van der Waals surface area contributed by atoms with E-state index in [1.807, 2.05) is 0 Å². The van der Waals surface area contributed by atoms with Crippen LogP contribution in [0.2, 0.25) is 0 Å². The average molecular weight is 461 g/mol. The number of rotatable bonds is 6. The van der Waals surface area contributed by atoms with Gasteiger partial charge in [0.25, 0.3) is 0 Å². The summed E-state index contributed by atoms with van der Waals surface area (Å²) < 4.78 is 7.01. The molecule has 0 radical (unpaired) electrons. The molecule has 182 valence electrons. The van der Waals surface area contributed by atoms with Crippen molar-refractivity contribution in [2.45, 2.75) is 123 Å². The van der Waals surface area contributed by atoms with Crippen LogP contribution in [0.5, 0.6) is 0 Å². The first-order valence-corrected chi connectivity index (χ1v) is 13.7. The molecule has 3 aliphatic carbocycles. The summed E-state index contributed by atoms with van der Waals surface area (Å²) in [5, 5.41) is 16.0. The van der Waals surface area contributed by atoms with Gasteiger partial charge in [-0.05, 0) is 92.2 Å². The van der Waals surface area contributed by atoms with Crippen LogP contribution in [-0.2, 0) is 38.5 Å². The zero-order chi connectivity index (χ0) is 23.7. The fourth-order valence-corrected chi connectivity index (χ4v) is 6.76. The lowest BCUT2D eigenvalue weighted by atomic mass is 10.0. The number of fused-ring (bicyclic) bond motifs is 3. The molecule has 0 atom stereocenters. The fraction of sp³-hybridized carbons (Fsp3) is 0.679. The normalized spacial score (nSPS) is 17.1. The molecule has 34 heavy (non-hydrogen) atoms. The largest absolute Gasteiger partial charge is 0.238 e. The summed E-state index contributed by atoms with van der Waals surface area (Å²) in [6, 6.07) is 0. The van der Waals surface area contributed by atoms with Crippen LogP contribution in [0.15, 0.2) is 0 Å². The third kappa shape index (κ3) is 3.16. The van der Waals surface area contributed by atoms with Gasteiger partial charge in [0.1, 0.15) is 0 Å². The molecule has 6 nitrogen and oxygen atoms in total. The Morgan fingerprint density at radius 1 is 0.471 bits per heavy atom. The average Bonchev–Trinajstić information content (AvgIpc) is 3.58. The Morgan fingerprint density at radius 2 is 0.765 bits per heavy atom. The van der Waals surface area contributed by atoms with Crippen LogP contribution in [0.3, 0.4) is 0 Å². The zero-order valence-corrected chi connectivity index (χ0v) is 21.9. The monoisotopic (exact) mass is 460 g/mol. The molecular formula is C28H40N6. The Hall–Kier alpha value is -2.37. The molecule has 0 aliphatic heterocycles. The molecule has 0 fully saturated rings. The molecule has 6 heteroatoms. The highest BCUT2D eigenvalue weighted by Gasteiger charge is 2.36. The lowest BCUT2D eigenvalue weighted by Gasteiger charge is -2.24. The molecule has 0 spiro atoms. The van der Waals surface area contributed by atoms with Crippen LogP contribution < -0.4 is 0 Å². The maximum absolute atomic E-state index is 5.34. The van der Waals surface area contributed by atoms with Gasteiger partial charge in [-0.1, -0.05) is 41.5 Å². The maximum Gasteiger partial charge on any atom is 0.238 e. The number of nitrogens with zero attached hydrogens (tertiary/aromatic N) is 6. The summed E-state index contributed by atoms with van der Waals surface area (Å²) >= 11 is 0. The Labute approximate surface area is 203 Å². The van der Waals surface area contributed by atoms with E-state index < -0.39 is 0 Å². The smallest absolute Gasteiger partial charge is 0.224 e. The third-order valence-electron chi connectivity index (χ3n) is 8.27. The number of hydrogen-bond donors (Lipinski definition) is 0.